The second-order valence-corrected chi connectivity index (χ2v) is 2.37. The van der Waals surface area contributed by atoms with Crippen LogP contribution in [0.15, 0.2) is 31.0 Å². The molecule has 13 heavy (non-hydrogen) atoms. The van der Waals surface area contributed by atoms with E-state index in [0.29, 0.717) is 11.8 Å². The Labute approximate surface area is 75.0 Å². The maximum Gasteiger partial charge on any atom is 0.234 e. The molecule has 0 radical (unpaired) electrons. The second-order valence-electron chi connectivity index (χ2n) is 2.37. The summed E-state index contributed by atoms with van der Waals surface area (Å²) in [4.78, 5) is 12.1. The molecule has 0 bridgehead atoms. The molecule has 5 heteroatoms. The standard InChI is InChI=1S/C8H8N4O/c1-13-7-5-12(6-11-7)8-9-3-2-4-10-8/h2-6H,1H3. The van der Waals surface area contributed by atoms with Crippen molar-refractivity contribution < 1.29 is 4.74 Å². The first-order valence-corrected chi connectivity index (χ1v) is 3.75. The van der Waals surface area contributed by atoms with Gasteiger partial charge in [0.2, 0.25) is 11.8 Å². The van der Waals surface area contributed by atoms with Crippen LogP contribution in [0.25, 0.3) is 5.95 Å². The average molecular weight is 176 g/mol. The minimum atomic E-state index is 0.549. The van der Waals surface area contributed by atoms with E-state index in [1.165, 1.54) is 0 Å². The maximum absolute atomic E-state index is 4.93. The highest BCUT2D eigenvalue weighted by Crippen LogP contribution is 2.07. The van der Waals surface area contributed by atoms with Gasteiger partial charge in [-0.05, 0) is 6.07 Å². The van der Waals surface area contributed by atoms with Crippen molar-refractivity contribution in [2.45, 2.75) is 0 Å². The van der Waals surface area contributed by atoms with E-state index in [2.05, 4.69) is 15.0 Å². The molecule has 66 valence electrons. The Bertz CT molecular complexity index is 384. The summed E-state index contributed by atoms with van der Waals surface area (Å²) in [6, 6.07) is 1.76. The Kier molecular flexibility index (Phi) is 1.91. The van der Waals surface area contributed by atoms with E-state index >= 15 is 0 Å². The Morgan fingerprint density at radius 3 is 2.62 bits per heavy atom. The minimum Gasteiger partial charge on any atom is -0.480 e. The van der Waals surface area contributed by atoms with Crippen LogP contribution in [-0.4, -0.2) is 26.6 Å². The molecule has 0 saturated heterocycles. The van der Waals surface area contributed by atoms with Gasteiger partial charge in [-0.15, -0.1) is 0 Å². The van der Waals surface area contributed by atoms with Crippen molar-refractivity contribution in [3.8, 4) is 11.8 Å². The summed E-state index contributed by atoms with van der Waals surface area (Å²) in [7, 11) is 1.57. The quantitative estimate of drug-likeness (QED) is 0.674. The molecule has 2 heterocycles. The maximum atomic E-state index is 4.93. The fourth-order valence-electron chi connectivity index (χ4n) is 0.944. The van der Waals surface area contributed by atoms with Gasteiger partial charge >= 0.3 is 0 Å². The normalized spacial score (nSPS) is 9.92. The molecule has 0 saturated carbocycles. The molecule has 0 unspecified atom stereocenters. The Morgan fingerprint density at radius 2 is 2.00 bits per heavy atom. The van der Waals surface area contributed by atoms with E-state index in [-0.39, 0.29) is 0 Å². The number of imidazole rings is 1. The Morgan fingerprint density at radius 1 is 1.23 bits per heavy atom. The van der Waals surface area contributed by atoms with E-state index in [9.17, 15) is 0 Å². The zero-order valence-electron chi connectivity index (χ0n) is 7.08. The monoisotopic (exact) mass is 176 g/mol. The van der Waals surface area contributed by atoms with Gasteiger partial charge < -0.3 is 4.74 Å². The van der Waals surface area contributed by atoms with Crippen LogP contribution in [0.4, 0.5) is 0 Å². The van der Waals surface area contributed by atoms with Crippen molar-refractivity contribution in [2.75, 3.05) is 7.11 Å². The molecular formula is C8H8N4O. The van der Waals surface area contributed by atoms with Crippen molar-refractivity contribution in [1.82, 2.24) is 19.5 Å². The summed E-state index contributed by atoms with van der Waals surface area (Å²) in [6.07, 6.45) is 6.67. The third kappa shape index (κ3) is 1.48. The van der Waals surface area contributed by atoms with Crippen LogP contribution in [0, 0.1) is 0 Å². The van der Waals surface area contributed by atoms with Crippen LogP contribution in [0.3, 0.4) is 0 Å². The first kappa shape index (κ1) is 7.72. The second kappa shape index (κ2) is 3.22. The first-order valence-electron chi connectivity index (χ1n) is 3.75. The van der Waals surface area contributed by atoms with Crippen LogP contribution in [0.1, 0.15) is 0 Å². The highest BCUT2D eigenvalue weighted by molar-refractivity contribution is 5.15. The number of aromatic nitrogens is 4. The molecule has 0 aromatic carbocycles. The van der Waals surface area contributed by atoms with Gasteiger partial charge in [0.25, 0.3) is 0 Å². The molecule has 0 amide bonds. The molecule has 2 aromatic rings. The molecule has 2 aromatic heterocycles. The van der Waals surface area contributed by atoms with Crippen LogP contribution >= 0.6 is 0 Å². The van der Waals surface area contributed by atoms with Crippen molar-refractivity contribution in [3.05, 3.63) is 31.0 Å². The lowest BCUT2D eigenvalue weighted by atomic mass is 10.7. The Hall–Kier alpha value is -1.91. The Balaban J connectivity index is 2.36. The number of rotatable bonds is 2. The van der Waals surface area contributed by atoms with Gasteiger partial charge in [0.15, 0.2) is 0 Å². The SMILES string of the molecule is COc1cn(-c2ncccn2)cn1. The summed E-state index contributed by atoms with van der Waals surface area (Å²) in [5.74, 6) is 1.13. The third-order valence-electron chi connectivity index (χ3n) is 1.55. The fourth-order valence-corrected chi connectivity index (χ4v) is 0.944. The van der Waals surface area contributed by atoms with Gasteiger partial charge in [0.1, 0.15) is 6.33 Å². The molecule has 0 fully saturated rings. The average Bonchev–Trinajstić information content (AvgIpc) is 2.67. The number of methoxy groups -OCH3 is 1. The third-order valence-corrected chi connectivity index (χ3v) is 1.55. The van der Waals surface area contributed by atoms with Gasteiger partial charge in [-0.1, -0.05) is 0 Å². The molecular weight excluding hydrogens is 168 g/mol. The summed E-state index contributed by atoms with van der Waals surface area (Å²) in [5, 5.41) is 0. The van der Waals surface area contributed by atoms with Crippen LogP contribution in [0.5, 0.6) is 5.88 Å². The summed E-state index contributed by atoms with van der Waals surface area (Å²) in [6.45, 7) is 0. The fraction of sp³-hybridized carbons (Fsp3) is 0.125. The van der Waals surface area contributed by atoms with Gasteiger partial charge in [-0.2, -0.15) is 0 Å². The number of ether oxygens (including phenoxy) is 1. The molecule has 0 aliphatic carbocycles. The summed E-state index contributed by atoms with van der Waals surface area (Å²) in [5.41, 5.74) is 0. The van der Waals surface area contributed by atoms with Crippen LogP contribution in [0.2, 0.25) is 0 Å². The van der Waals surface area contributed by atoms with Crippen molar-refractivity contribution in [3.63, 3.8) is 0 Å². The van der Waals surface area contributed by atoms with E-state index in [4.69, 9.17) is 4.74 Å². The van der Waals surface area contributed by atoms with E-state index < -0.39 is 0 Å². The lowest BCUT2D eigenvalue weighted by Crippen LogP contribution is -1.96. The molecule has 0 aliphatic heterocycles. The predicted octanol–water partition coefficient (Wildman–Crippen LogP) is 0.671. The smallest absolute Gasteiger partial charge is 0.234 e. The van der Waals surface area contributed by atoms with Crippen LogP contribution in [-0.2, 0) is 0 Å². The number of hydrogen-bond donors (Lipinski definition) is 0. The van der Waals surface area contributed by atoms with Gasteiger partial charge in [-0.3, -0.25) is 4.57 Å². The first-order chi connectivity index (χ1) is 6.40. The molecule has 0 N–H and O–H groups in total. The highest BCUT2D eigenvalue weighted by atomic mass is 16.5. The van der Waals surface area contributed by atoms with Gasteiger partial charge in [0.05, 0.1) is 13.3 Å². The zero-order chi connectivity index (χ0) is 9.10. The summed E-state index contributed by atoms with van der Waals surface area (Å²) >= 11 is 0. The molecule has 0 atom stereocenters. The minimum absolute atomic E-state index is 0.549. The van der Waals surface area contributed by atoms with Gasteiger partial charge in [0, 0.05) is 12.4 Å². The number of hydrogen-bond acceptors (Lipinski definition) is 4. The van der Waals surface area contributed by atoms with Crippen molar-refractivity contribution >= 4 is 0 Å². The lowest BCUT2D eigenvalue weighted by molar-refractivity contribution is 0.400. The predicted molar refractivity (Wildman–Crippen MR) is 45.7 cm³/mol. The lowest BCUT2D eigenvalue weighted by Gasteiger charge is -1.96. The van der Waals surface area contributed by atoms with E-state index in [1.54, 1.807) is 42.7 Å². The largest absolute Gasteiger partial charge is 0.480 e. The summed E-state index contributed by atoms with van der Waals surface area (Å²) < 4.78 is 6.62. The topological polar surface area (TPSA) is 52.8 Å². The molecule has 5 nitrogen and oxygen atoms in total. The molecule has 0 spiro atoms. The van der Waals surface area contributed by atoms with E-state index in [0.717, 1.165) is 0 Å². The van der Waals surface area contributed by atoms with Crippen molar-refractivity contribution in [1.29, 1.82) is 0 Å². The van der Waals surface area contributed by atoms with Crippen molar-refractivity contribution in [2.24, 2.45) is 0 Å². The molecule has 0 aliphatic rings. The molecule has 2 rings (SSSR count). The highest BCUT2D eigenvalue weighted by Gasteiger charge is 2.00. The van der Waals surface area contributed by atoms with Gasteiger partial charge in [-0.25, -0.2) is 15.0 Å². The zero-order valence-corrected chi connectivity index (χ0v) is 7.08. The van der Waals surface area contributed by atoms with E-state index in [1.807, 2.05) is 0 Å². The van der Waals surface area contributed by atoms with Crippen LogP contribution < -0.4 is 4.74 Å². The number of nitrogens with zero attached hydrogens (tertiary/aromatic N) is 4.